The van der Waals surface area contributed by atoms with Crippen LogP contribution in [0.25, 0.3) is 0 Å². The van der Waals surface area contributed by atoms with Crippen LogP contribution >= 0.6 is 11.6 Å². The summed E-state index contributed by atoms with van der Waals surface area (Å²) in [5.41, 5.74) is 0.601. The van der Waals surface area contributed by atoms with Crippen LogP contribution in [-0.2, 0) is 20.2 Å². The molecule has 2 aromatic carbocycles. The molecule has 1 aliphatic carbocycles. The Balaban J connectivity index is 1.35. The van der Waals surface area contributed by atoms with E-state index >= 15 is 0 Å². The van der Waals surface area contributed by atoms with Gasteiger partial charge in [0, 0.05) is 29.9 Å². The highest BCUT2D eigenvalue weighted by atomic mass is 35.5. The van der Waals surface area contributed by atoms with Crippen LogP contribution < -0.4 is 4.74 Å². The lowest BCUT2D eigenvalue weighted by Gasteiger charge is -2.39. The summed E-state index contributed by atoms with van der Waals surface area (Å²) in [5, 5.41) is 0.671. The first-order chi connectivity index (χ1) is 16.1. The number of carbonyl (C=O) groups is 1. The van der Waals surface area contributed by atoms with E-state index in [2.05, 4.69) is 0 Å². The van der Waals surface area contributed by atoms with Gasteiger partial charge in [-0.05, 0) is 99.2 Å². The van der Waals surface area contributed by atoms with Gasteiger partial charge in [-0.1, -0.05) is 23.7 Å². The third kappa shape index (κ3) is 5.05. The number of hydrogen-bond donors (Lipinski definition) is 0. The lowest BCUT2D eigenvalue weighted by molar-refractivity contribution is -0.124. The minimum atomic E-state index is -3.50. The van der Waals surface area contributed by atoms with Gasteiger partial charge in [0.05, 0.1) is 12.0 Å². The molecule has 2 aliphatic rings. The maximum Gasteiger partial charge on any atom is 0.243 e. The van der Waals surface area contributed by atoms with Crippen molar-refractivity contribution in [3.8, 4) is 5.75 Å². The van der Waals surface area contributed by atoms with Crippen molar-refractivity contribution in [2.45, 2.75) is 62.7 Å². The number of ketones is 1. The van der Waals surface area contributed by atoms with Crippen molar-refractivity contribution in [3.63, 3.8) is 0 Å². The average molecular weight is 504 g/mol. The zero-order valence-electron chi connectivity index (χ0n) is 20.2. The van der Waals surface area contributed by atoms with Gasteiger partial charge in [-0.2, -0.15) is 4.31 Å². The lowest BCUT2D eigenvalue weighted by Crippen LogP contribution is -2.42. The van der Waals surface area contributed by atoms with E-state index in [0.717, 1.165) is 37.7 Å². The molecule has 0 aromatic heterocycles. The molecule has 34 heavy (non-hydrogen) atoms. The first-order valence-electron chi connectivity index (χ1n) is 12.0. The Hall–Kier alpha value is -1.89. The Bertz CT molecular complexity index is 1120. The predicted molar refractivity (Wildman–Crippen MR) is 135 cm³/mol. The van der Waals surface area contributed by atoms with Crippen molar-refractivity contribution in [2.24, 2.45) is 11.3 Å². The fourth-order valence-corrected chi connectivity index (χ4v) is 7.17. The zero-order valence-corrected chi connectivity index (χ0v) is 21.8. The number of methoxy groups -OCH3 is 1. The molecule has 1 spiro atoms. The quantitative estimate of drug-likeness (QED) is 0.475. The summed E-state index contributed by atoms with van der Waals surface area (Å²) in [6, 6.07) is 14.1. The summed E-state index contributed by atoms with van der Waals surface area (Å²) in [6.07, 6.45) is 5.40. The first kappa shape index (κ1) is 25.2. The van der Waals surface area contributed by atoms with E-state index in [9.17, 15) is 13.2 Å². The fraction of sp³-hybridized carbons (Fsp3) is 0.519. The van der Waals surface area contributed by atoms with E-state index < -0.39 is 15.4 Å². The Morgan fingerprint density at radius 1 is 1.06 bits per heavy atom. The summed E-state index contributed by atoms with van der Waals surface area (Å²) in [5.74, 6) is 1.27. The standard InChI is InChI=1S/C27H34ClNO4S/c1-26(2,21-4-6-22(28)7-5-21)25(30)18-20-12-13-27(19-20)14-16-29(17-15-27)34(31,32)24-10-8-23(33-3)9-11-24/h4-11,20H,12-19H2,1-3H3. The molecule has 1 saturated carbocycles. The smallest absolute Gasteiger partial charge is 0.243 e. The Morgan fingerprint density at radius 3 is 2.26 bits per heavy atom. The third-order valence-corrected chi connectivity index (χ3v) is 10.2. The molecule has 1 heterocycles. The number of benzene rings is 2. The lowest BCUT2D eigenvalue weighted by atomic mass is 9.74. The van der Waals surface area contributed by atoms with Gasteiger partial charge in [0.15, 0.2) is 0 Å². The monoisotopic (exact) mass is 503 g/mol. The number of nitrogens with zero attached hydrogens (tertiary/aromatic N) is 1. The summed E-state index contributed by atoms with van der Waals surface area (Å²) in [4.78, 5) is 13.5. The second-order valence-corrected chi connectivity index (χ2v) is 12.8. The maximum absolute atomic E-state index is 13.2. The average Bonchev–Trinajstić information content (AvgIpc) is 3.21. The van der Waals surface area contributed by atoms with Gasteiger partial charge in [-0.3, -0.25) is 4.79 Å². The summed E-state index contributed by atoms with van der Waals surface area (Å²) >= 11 is 6.02. The van der Waals surface area contributed by atoms with Crippen molar-refractivity contribution in [3.05, 3.63) is 59.1 Å². The number of Topliss-reactive ketones (excluding diaryl/α,β-unsaturated/α-hetero) is 1. The van der Waals surface area contributed by atoms with Crippen LogP contribution in [0.5, 0.6) is 5.75 Å². The maximum atomic E-state index is 13.2. The first-order valence-corrected chi connectivity index (χ1v) is 13.8. The highest BCUT2D eigenvalue weighted by molar-refractivity contribution is 7.89. The van der Waals surface area contributed by atoms with Gasteiger partial charge in [0.1, 0.15) is 11.5 Å². The van der Waals surface area contributed by atoms with Gasteiger partial charge in [-0.25, -0.2) is 8.42 Å². The van der Waals surface area contributed by atoms with E-state index in [1.165, 1.54) is 0 Å². The van der Waals surface area contributed by atoms with E-state index in [-0.39, 0.29) is 11.2 Å². The molecular weight excluding hydrogens is 470 g/mol. The minimum Gasteiger partial charge on any atom is -0.497 e. The largest absolute Gasteiger partial charge is 0.497 e. The van der Waals surface area contributed by atoms with Gasteiger partial charge in [-0.15, -0.1) is 0 Å². The van der Waals surface area contributed by atoms with Crippen LogP contribution in [0.3, 0.4) is 0 Å². The van der Waals surface area contributed by atoms with Gasteiger partial charge in [0.2, 0.25) is 10.0 Å². The normalized spacial score (nSPS) is 21.0. The molecular formula is C27H34ClNO4S. The topological polar surface area (TPSA) is 63.7 Å². The molecule has 1 unspecified atom stereocenters. The molecule has 0 N–H and O–H groups in total. The molecule has 0 amide bonds. The number of rotatable bonds is 7. The molecule has 1 aliphatic heterocycles. The number of halogens is 1. The number of sulfonamides is 1. The molecule has 1 saturated heterocycles. The van der Waals surface area contributed by atoms with Crippen molar-refractivity contribution in [1.82, 2.24) is 4.31 Å². The number of piperidine rings is 1. The van der Waals surface area contributed by atoms with E-state index in [0.29, 0.717) is 41.1 Å². The molecule has 0 bridgehead atoms. The van der Waals surface area contributed by atoms with Crippen molar-refractivity contribution in [1.29, 1.82) is 0 Å². The molecule has 184 valence electrons. The molecule has 2 aromatic rings. The molecule has 4 rings (SSSR count). The Labute approximate surface area is 208 Å². The number of ether oxygens (including phenoxy) is 1. The fourth-order valence-electron chi connectivity index (χ4n) is 5.60. The van der Waals surface area contributed by atoms with Crippen LogP contribution in [0, 0.1) is 11.3 Å². The number of hydrogen-bond acceptors (Lipinski definition) is 4. The van der Waals surface area contributed by atoms with E-state index in [1.807, 2.05) is 38.1 Å². The molecule has 1 atom stereocenters. The molecule has 7 heteroatoms. The van der Waals surface area contributed by atoms with Crippen LogP contribution in [0.2, 0.25) is 5.02 Å². The van der Waals surface area contributed by atoms with Crippen LogP contribution in [-0.4, -0.2) is 38.7 Å². The molecule has 2 fully saturated rings. The van der Waals surface area contributed by atoms with E-state index in [4.69, 9.17) is 16.3 Å². The van der Waals surface area contributed by atoms with Gasteiger partial charge < -0.3 is 4.74 Å². The van der Waals surface area contributed by atoms with Crippen LogP contribution in [0.15, 0.2) is 53.4 Å². The van der Waals surface area contributed by atoms with Gasteiger partial charge in [0.25, 0.3) is 0 Å². The van der Waals surface area contributed by atoms with E-state index in [1.54, 1.807) is 35.7 Å². The zero-order chi connectivity index (χ0) is 24.6. The minimum absolute atomic E-state index is 0.154. The van der Waals surface area contributed by atoms with Crippen LogP contribution in [0.1, 0.15) is 57.9 Å². The summed E-state index contributed by atoms with van der Waals surface area (Å²) in [7, 11) is -1.94. The van der Waals surface area contributed by atoms with Crippen molar-refractivity contribution < 1.29 is 17.9 Å². The predicted octanol–water partition coefficient (Wildman–Crippen LogP) is 5.86. The Kier molecular flexibility index (Phi) is 7.14. The molecule has 0 radical (unpaired) electrons. The van der Waals surface area contributed by atoms with Crippen molar-refractivity contribution in [2.75, 3.05) is 20.2 Å². The highest BCUT2D eigenvalue weighted by Gasteiger charge is 2.44. The third-order valence-electron chi connectivity index (χ3n) is 8.02. The second kappa shape index (κ2) is 9.63. The highest BCUT2D eigenvalue weighted by Crippen LogP contribution is 2.51. The summed E-state index contributed by atoms with van der Waals surface area (Å²) < 4.78 is 33.0. The Morgan fingerprint density at radius 2 is 1.68 bits per heavy atom. The van der Waals surface area contributed by atoms with Crippen molar-refractivity contribution >= 4 is 27.4 Å². The molecule has 5 nitrogen and oxygen atoms in total. The SMILES string of the molecule is COc1ccc(S(=O)(=O)N2CCC3(CCC(CC(=O)C(C)(C)c4ccc(Cl)cc4)C3)CC2)cc1. The van der Waals surface area contributed by atoms with Crippen LogP contribution in [0.4, 0.5) is 0 Å². The van der Waals surface area contributed by atoms with Gasteiger partial charge >= 0.3 is 0 Å². The number of carbonyl (C=O) groups excluding carboxylic acids is 1. The summed E-state index contributed by atoms with van der Waals surface area (Å²) in [6.45, 7) is 5.05. The second-order valence-electron chi connectivity index (χ2n) is 10.4.